The Morgan fingerprint density at radius 1 is 1.20 bits per heavy atom. The number of carboxylic acid groups (broad SMARTS) is 1. The molecule has 1 aliphatic carbocycles. The van der Waals surface area contributed by atoms with Crippen LogP contribution in [0.1, 0.15) is 48.9 Å². The summed E-state index contributed by atoms with van der Waals surface area (Å²) in [6.45, 7) is 1.06. The topological polar surface area (TPSA) is 66.6 Å². The molecule has 20 heavy (non-hydrogen) atoms. The van der Waals surface area contributed by atoms with E-state index in [1.165, 1.54) is 38.5 Å². The highest BCUT2D eigenvalue weighted by atomic mass is 16.4. The smallest absolute Gasteiger partial charge is 0.337 e. The molecule has 1 aromatic carbocycles. The molecule has 0 bridgehead atoms. The molecule has 2 atom stereocenters. The van der Waals surface area contributed by atoms with Crippen molar-refractivity contribution in [1.29, 1.82) is 0 Å². The molecule has 2 fully saturated rings. The van der Waals surface area contributed by atoms with Gasteiger partial charge in [0, 0.05) is 24.0 Å². The van der Waals surface area contributed by atoms with Crippen molar-refractivity contribution in [2.45, 2.75) is 44.6 Å². The van der Waals surface area contributed by atoms with Crippen molar-refractivity contribution >= 4 is 17.3 Å². The van der Waals surface area contributed by atoms with E-state index in [9.17, 15) is 4.79 Å². The summed E-state index contributed by atoms with van der Waals surface area (Å²) >= 11 is 0. The van der Waals surface area contributed by atoms with E-state index in [0.29, 0.717) is 11.7 Å². The maximum atomic E-state index is 11.0. The van der Waals surface area contributed by atoms with Crippen molar-refractivity contribution in [3.05, 3.63) is 23.8 Å². The second-order valence-electron chi connectivity index (χ2n) is 6.02. The highest BCUT2D eigenvalue weighted by molar-refractivity contribution is 5.94. The number of aromatic carboxylic acids is 1. The minimum atomic E-state index is -0.955. The van der Waals surface area contributed by atoms with Gasteiger partial charge in [0.1, 0.15) is 0 Å². The third kappa shape index (κ3) is 2.35. The van der Waals surface area contributed by atoms with Gasteiger partial charge in [0.2, 0.25) is 0 Å². The lowest BCUT2D eigenvalue weighted by atomic mass is 9.78. The lowest BCUT2D eigenvalue weighted by molar-refractivity contribution is 0.0698. The molecule has 2 unspecified atom stereocenters. The number of benzene rings is 1. The number of hydrogen-bond acceptors (Lipinski definition) is 3. The van der Waals surface area contributed by atoms with Gasteiger partial charge in [0.15, 0.2) is 0 Å². The maximum absolute atomic E-state index is 11.0. The number of nitrogens with two attached hydrogens (primary N) is 1. The second-order valence-corrected chi connectivity index (χ2v) is 6.02. The van der Waals surface area contributed by atoms with Gasteiger partial charge in [0.05, 0.1) is 5.56 Å². The summed E-state index contributed by atoms with van der Waals surface area (Å²) in [7, 11) is 0. The Hall–Kier alpha value is -1.71. The van der Waals surface area contributed by atoms with E-state index in [0.717, 1.165) is 18.2 Å². The number of nitrogen functional groups attached to an aromatic ring is 1. The Morgan fingerprint density at radius 3 is 2.70 bits per heavy atom. The van der Waals surface area contributed by atoms with Gasteiger partial charge in [-0.3, -0.25) is 0 Å². The average Bonchev–Trinajstić information content (AvgIpc) is 2.46. The van der Waals surface area contributed by atoms with Gasteiger partial charge < -0.3 is 15.7 Å². The number of rotatable bonds is 2. The molecule has 4 heteroatoms. The Balaban J connectivity index is 1.87. The summed E-state index contributed by atoms with van der Waals surface area (Å²) in [6, 6.07) is 6.00. The lowest BCUT2D eigenvalue weighted by Gasteiger charge is -2.45. The number of nitrogens with zero attached hydrogens (tertiary/aromatic N) is 1. The molecule has 1 saturated heterocycles. The van der Waals surface area contributed by atoms with E-state index >= 15 is 0 Å². The maximum Gasteiger partial charge on any atom is 0.337 e. The first-order valence-corrected chi connectivity index (χ1v) is 7.56. The highest BCUT2D eigenvalue weighted by Crippen LogP contribution is 2.38. The summed E-state index contributed by atoms with van der Waals surface area (Å²) < 4.78 is 0. The molecule has 1 aliphatic heterocycles. The zero-order chi connectivity index (χ0) is 14.1. The standard InChI is InChI=1S/C16H22N2O2/c17-14-10-12(7-8-13(14)16(19)20)18-9-3-5-11-4-1-2-6-15(11)18/h7-8,10-11,15H,1-6,9,17H2,(H,19,20). The van der Waals surface area contributed by atoms with Gasteiger partial charge in [0.25, 0.3) is 0 Å². The summed E-state index contributed by atoms with van der Waals surface area (Å²) in [5.74, 6) is -0.152. The van der Waals surface area contributed by atoms with Crippen LogP contribution in [0.4, 0.5) is 11.4 Å². The molecule has 4 nitrogen and oxygen atoms in total. The lowest BCUT2D eigenvalue weighted by Crippen LogP contribution is -2.46. The predicted octanol–water partition coefficient (Wildman–Crippen LogP) is 3.13. The number of fused-ring (bicyclic) bond motifs is 1. The van der Waals surface area contributed by atoms with Crippen LogP contribution in [-0.4, -0.2) is 23.7 Å². The van der Waals surface area contributed by atoms with Gasteiger partial charge >= 0.3 is 5.97 Å². The first-order valence-electron chi connectivity index (χ1n) is 7.56. The van der Waals surface area contributed by atoms with Gasteiger partial charge in [-0.25, -0.2) is 4.79 Å². The van der Waals surface area contributed by atoms with Crippen LogP contribution in [0, 0.1) is 5.92 Å². The SMILES string of the molecule is Nc1cc(N2CCCC3CCCCC32)ccc1C(=O)O. The normalized spacial score (nSPS) is 26.1. The Labute approximate surface area is 119 Å². The van der Waals surface area contributed by atoms with Crippen LogP contribution in [-0.2, 0) is 0 Å². The van der Waals surface area contributed by atoms with Gasteiger partial charge in [-0.05, 0) is 49.8 Å². The molecule has 0 spiro atoms. The molecule has 1 heterocycles. The number of carbonyl (C=O) groups is 1. The molecule has 108 valence electrons. The summed E-state index contributed by atoms with van der Waals surface area (Å²) in [6.07, 6.45) is 7.82. The van der Waals surface area contributed by atoms with E-state index in [2.05, 4.69) is 4.90 Å². The first kappa shape index (κ1) is 13.3. The largest absolute Gasteiger partial charge is 0.478 e. The van der Waals surface area contributed by atoms with Crippen LogP contribution in [0.3, 0.4) is 0 Å². The van der Waals surface area contributed by atoms with Crippen molar-refractivity contribution in [2.75, 3.05) is 17.2 Å². The Bertz CT molecular complexity index is 513. The predicted molar refractivity (Wildman–Crippen MR) is 80.1 cm³/mol. The zero-order valence-corrected chi connectivity index (χ0v) is 11.7. The van der Waals surface area contributed by atoms with Crippen molar-refractivity contribution in [1.82, 2.24) is 0 Å². The van der Waals surface area contributed by atoms with Crippen LogP contribution in [0.25, 0.3) is 0 Å². The molecular weight excluding hydrogens is 252 g/mol. The summed E-state index contributed by atoms with van der Waals surface area (Å²) in [5.41, 5.74) is 7.55. The summed E-state index contributed by atoms with van der Waals surface area (Å²) in [5, 5.41) is 9.06. The second kappa shape index (κ2) is 5.35. The molecule has 0 amide bonds. The fourth-order valence-corrected chi connectivity index (χ4v) is 3.87. The van der Waals surface area contributed by atoms with Crippen molar-refractivity contribution in [3.63, 3.8) is 0 Å². The molecule has 3 rings (SSSR count). The number of anilines is 2. The third-order valence-electron chi connectivity index (χ3n) is 4.84. The van der Waals surface area contributed by atoms with Gasteiger partial charge in [-0.1, -0.05) is 12.8 Å². The molecule has 1 aromatic rings. The van der Waals surface area contributed by atoms with E-state index < -0.39 is 5.97 Å². The number of hydrogen-bond donors (Lipinski definition) is 2. The molecule has 0 aromatic heterocycles. The minimum Gasteiger partial charge on any atom is -0.478 e. The quantitative estimate of drug-likeness (QED) is 0.813. The Kier molecular flexibility index (Phi) is 3.55. The number of carboxylic acids is 1. The monoisotopic (exact) mass is 274 g/mol. The van der Waals surface area contributed by atoms with E-state index in [-0.39, 0.29) is 5.56 Å². The number of piperidine rings is 1. The Morgan fingerprint density at radius 2 is 1.95 bits per heavy atom. The van der Waals surface area contributed by atoms with Crippen LogP contribution >= 0.6 is 0 Å². The van der Waals surface area contributed by atoms with Crippen molar-refractivity contribution in [2.24, 2.45) is 5.92 Å². The summed E-state index contributed by atoms with van der Waals surface area (Å²) in [4.78, 5) is 13.5. The first-order chi connectivity index (χ1) is 9.66. The van der Waals surface area contributed by atoms with Crippen LogP contribution in [0.15, 0.2) is 18.2 Å². The van der Waals surface area contributed by atoms with Gasteiger partial charge in [-0.15, -0.1) is 0 Å². The average molecular weight is 274 g/mol. The molecule has 1 saturated carbocycles. The van der Waals surface area contributed by atoms with Crippen molar-refractivity contribution in [3.8, 4) is 0 Å². The van der Waals surface area contributed by atoms with Crippen LogP contribution in [0.5, 0.6) is 0 Å². The highest BCUT2D eigenvalue weighted by Gasteiger charge is 2.33. The molecule has 2 aliphatic rings. The third-order valence-corrected chi connectivity index (χ3v) is 4.84. The molecular formula is C16H22N2O2. The molecule has 3 N–H and O–H groups in total. The molecule has 0 radical (unpaired) electrons. The minimum absolute atomic E-state index is 0.200. The van der Waals surface area contributed by atoms with E-state index in [1.807, 2.05) is 12.1 Å². The fraction of sp³-hybridized carbons (Fsp3) is 0.562. The van der Waals surface area contributed by atoms with Gasteiger partial charge in [-0.2, -0.15) is 0 Å². The van der Waals surface area contributed by atoms with Crippen LogP contribution in [0.2, 0.25) is 0 Å². The fourth-order valence-electron chi connectivity index (χ4n) is 3.87. The zero-order valence-electron chi connectivity index (χ0n) is 11.7. The van der Waals surface area contributed by atoms with Crippen molar-refractivity contribution < 1.29 is 9.90 Å². The van der Waals surface area contributed by atoms with E-state index in [4.69, 9.17) is 10.8 Å². The van der Waals surface area contributed by atoms with E-state index in [1.54, 1.807) is 6.07 Å². The van der Waals surface area contributed by atoms with Crippen LogP contribution < -0.4 is 10.6 Å².